The van der Waals surface area contributed by atoms with Crippen molar-refractivity contribution >= 4 is 16.8 Å². The van der Waals surface area contributed by atoms with Crippen LogP contribution in [0.3, 0.4) is 0 Å². The van der Waals surface area contributed by atoms with Gasteiger partial charge in [-0.15, -0.1) is 0 Å². The van der Waals surface area contributed by atoms with E-state index >= 15 is 0 Å². The average molecular weight is 506 g/mol. The highest BCUT2D eigenvalue weighted by molar-refractivity contribution is 6.00. The molecule has 2 heterocycles. The van der Waals surface area contributed by atoms with Crippen molar-refractivity contribution in [2.75, 3.05) is 20.2 Å². The summed E-state index contributed by atoms with van der Waals surface area (Å²) in [6, 6.07) is 23.1. The van der Waals surface area contributed by atoms with Crippen LogP contribution >= 0.6 is 0 Å². The van der Waals surface area contributed by atoms with Crippen molar-refractivity contribution in [3.63, 3.8) is 0 Å². The zero-order valence-corrected chi connectivity index (χ0v) is 22.2. The quantitative estimate of drug-likeness (QED) is 0.306. The maximum Gasteiger partial charge on any atom is 0.196 e. The third-order valence-corrected chi connectivity index (χ3v) is 7.08. The molecule has 5 rings (SSSR count). The predicted molar refractivity (Wildman–Crippen MR) is 150 cm³/mol. The lowest BCUT2D eigenvalue weighted by molar-refractivity contribution is 0.231. The summed E-state index contributed by atoms with van der Waals surface area (Å²) in [6.45, 7) is 7.77. The molecule has 0 radical (unpaired) electrons. The van der Waals surface area contributed by atoms with Crippen LogP contribution in [0.15, 0.2) is 80.9 Å². The Hall–Kier alpha value is -4.37. The highest BCUT2D eigenvalue weighted by atomic mass is 16.5. The number of nitriles is 1. The van der Waals surface area contributed by atoms with Gasteiger partial charge in [0.25, 0.3) is 0 Å². The van der Waals surface area contributed by atoms with Crippen LogP contribution in [-0.2, 0) is 6.42 Å². The fourth-order valence-electron chi connectivity index (χ4n) is 5.21. The van der Waals surface area contributed by atoms with Crippen molar-refractivity contribution in [3.05, 3.63) is 111 Å². The van der Waals surface area contributed by atoms with Crippen LogP contribution in [0.1, 0.15) is 53.5 Å². The Bertz CT molecular complexity index is 1610. The molecule has 1 unspecified atom stereocenters. The first-order valence-electron chi connectivity index (χ1n) is 12.9. The lowest BCUT2D eigenvalue weighted by Gasteiger charge is -2.34. The molecule has 0 spiro atoms. The van der Waals surface area contributed by atoms with Gasteiger partial charge in [0.2, 0.25) is 0 Å². The Balaban J connectivity index is 1.70. The Labute approximate surface area is 222 Å². The monoisotopic (exact) mass is 505 g/mol. The van der Waals surface area contributed by atoms with Crippen molar-refractivity contribution in [1.82, 2.24) is 4.90 Å². The van der Waals surface area contributed by atoms with Crippen molar-refractivity contribution in [3.8, 4) is 11.8 Å². The summed E-state index contributed by atoms with van der Waals surface area (Å²) < 4.78 is 12.1. The molecule has 0 saturated carbocycles. The smallest absolute Gasteiger partial charge is 0.196 e. The molecule has 192 valence electrons. The van der Waals surface area contributed by atoms with Crippen LogP contribution in [0.5, 0.6) is 5.75 Å². The fourth-order valence-corrected chi connectivity index (χ4v) is 5.21. The minimum Gasteiger partial charge on any atom is -0.497 e. The zero-order chi connectivity index (χ0) is 26.8. The van der Waals surface area contributed by atoms with E-state index in [1.165, 1.54) is 5.56 Å². The van der Waals surface area contributed by atoms with Gasteiger partial charge in [-0.05, 0) is 42.7 Å². The molecule has 0 amide bonds. The van der Waals surface area contributed by atoms with Gasteiger partial charge >= 0.3 is 0 Å². The highest BCUT2D eigenvalue weighted by Gasteiger charge is 2.34. The predicted octanol–water partition coefficient (Wildman–Crippen LogP) is 6.03. The lowest BCUT2D eigenvalue weighted by atomic mass is 9.91. The van der Waals surface area contributed by atoms with Gasteiger partial charge in [0, 0.05) is 30.2 Å². The number of ether oxygens (including phenoxy) is 1. The second-order valence-electron chi connectivity index (χ2n) is 10.1. The number of benzene rings is 3. The van der Waals surface area contributed by atoms with Crippen LogP contribution in [0.25, 0.3) is 11.0 Å². The second kappa shape index (κ2) is 10.5. The van der Waals surface area contributed by atoms with E-state index < -0.39 is 0 Å². The molecule has 6 heteroatoms. The maximum absolute atomic E-state index is 14.0. The molecular weight excluding hydrogens is 474 g/mol. The maximum atomic E-state index is 14.0. The van der Waals surface area contributed by atoms with Gasteiger partial charge in [-0.3, -0.25) is 9.79 Å². The van der Waals surface area contributed by atoms with E-state index in [-0.39, 0.29) is 17.4 Å². The van der Waals surface area contributed by atoms with E-state index in [9.17, 15) is 10.1 Å². The van der Waals surface area contributed by atoms with Crippen LogP contribution in [-0.4, -0.2) is 30.9 Å². The summed E-state index contributed by atoms with van der Waals surface area (Å²) >= 11 is 0. The Kier molecular flexibility index (Phi) is 7.02. The normalized spacial score (nSPS) is 14.0. The summed E-state index contributed by atoms with van der Waals surface area (Å²) in [6.07, 6.45) is 0.364. The second-order valence-corrected chi connectivity index (χ2v) is 10.1. The van der Waals surface area contributed by atoms with Gasteiger partial charge < -0.3 is 14.1 Å². The average Bonchev–Trinajstić information content (AvgIpc) is 3.40. The van der Waals surface area contributed by atoms with E-state index in [0.717, 1.165) is 23.5 Å². The number of nitrogens with zero attached hydrogens (tertiary/aromatic N) is 3. The number of rotatable bonds is 7. The minimum absolute atomic E-state index is 0.0649. The van der Waals surface area contributed by atoms with Gasteiger partial charge in [-0.2, -0.15) is 5.26 Å². The Morgan fingerprint density at radius 2 is 1.89 bits per heavy atom. The van der Waals surface area contributed by atoms with Crippen LogP contribution < -0.4 is 10.2 Å². The first kappa shape index (κ1) is 25.3. The molecule has 1 aliphatic rings. The molecule has 38 heavy (non-hydrogen) atoms. The summed E-state index contributed by atoms with van der Waals surface area (Å²) in [4.78, 5) is 21.2. The van der Waals surface area contributed by atoms with E-state index in [2.05, 4.69) is 56.0 Å². The summed E-state index contributed by atoms with van der Waals surface area (Å²) in [5, 5.41) is 9.94. The molecule has 0 N–H and O–H groups in total. The molecule has 1 aliphatic heterocycles. The minimum atomic E-state index is -0.213. The molecule has 0 saturated heterocycles. The van der Waals surface area contributed by atoms with E-state index in [4.69, 9.17) is 14.1 Å². The fraction of sp³-hybridized carbons (Fsp3) is 0.281. The summed E-state index contributed by atoms with van der Waals surface area (Å²) in [5.41, 5.74) is 4.73. The highest BCUT2D eigenvalue weighted by Crippen LogP contribution is 2.36. The number of hydrogen-bond acceptors (Lipinski definition) is 6. The standard InChI is InChI=1S/C32H31N3O3/c1-20(2)29(35-15-14-34-32(35)24-10-8-21(3)9-11-24)31-27(17-22-6-5-7-23(16-22)19-33)30(36)26-13-12-25(37-4)18-28(26)38-31/h5-13,16,18,20,29H,14-15,17H2,1-4H3. The van der Waals surface area contributed by atoms with Crippen molar-refractivity contribution in [2.24, 2.45) is 10.9 Å². The van der Waals surface area contributed by atoms with E-state index in [1.807, 2.05) is 18.2 Å². The van der Waals surface area contributed by atoms with E-state index in [1.54, 1.807) is 31.4 Å². The molecular formula is C32H31N3O3. The number of methoxy groups -OCH3 is 1. The molecule has 1 atom stereocenters. The molecule has 0 aliphatic carbocycles. The summed E-state index contributed by atoms with van der Waals surface area (Å²) in [5.74, 6) is 2.30. The topological polar surface area (TPSA) is 78.8 Å². The number of fused-ring (bicyclic) bond motifs is 1. The molecule has 6 nitrogen and oxygen atoms in total. The molecule has 1 aromatic heterocycles. The van der Waals surface area contributed by atoms with Gasteiger partial charge in [0.15, 0.2) is 5.43 Å². The molecule has 4 aromatic rings. The number of hydrogen-bond donors (Lipinski definition) is 0. The van der Waals surface area contributed by atoms with Crippen LogP contribution in [0, 0.1) is 24.2 Å². The van der Waals surface area contributed by atoms with Gasteiger partial charge in [-0.1, -0.05) is 55.8 Å². The van der Waals surface area contributed by atoms with Crippen molar-refractivity contribution < 1.29 is 9.15 Å². The van der Waals surface area contributed by atoms with Crippen LogP contribution in [0.4, 0.5) is 0 Å². The van der Waals surface area contributed by atoms with E-state index in [0.29, 0.717) is 46.6 Å². The third-order valence-electron chi connectivity index (χ3n) is 7.08. The Morgan fingerprint density at radius 1 is 1.11 bits per heavy atom. The summed E-state index contributed by atoms with van der Waals surface area (Å²) in [7, 11) is 1.60. The molecule has 0 fully saturated rings. The zero-order valence-electron chi connectivity index (χ0n) is 22.2. The molecule has 3 aromatic carbocycles. The molecule has 0 bridgehead atoms. The third kappa shape index (κ3) is 4.80. The van der Waals surface area contributed by atoms with Gasteiger partial charge in [0.05, 0.1) is 36.7 Å². The van der Waals surface area contributed by atoms with Crippen molar-refractivity contribution in [2.45, 2.75) is 33.2 Å². The number of aryl methyl sites for hydroxylation is 1. The van der Waals surface area contributed by atoms with Crippen molar-refractivity contribution in [1.29, 1.82) is 5.26 Å². The van der Waals surface area contributed by atoms with Crippen LogP contribution in [0.2, 0.25) is 0 Å². The number of amidine groups is 1. The SMILES string of the molecule is COc1ccc2c(=O)c(Cc3cccc(C#N)c3)c(C(C(C)C)N3CCN=C3c3ccc(C)cc3)oc2c1. The first-order valence-corrected chi connectivity index (χ1v) is 12.9. The lowest BCUT2D eigenvalue weighted by Crippen LogP contribution is -2.37. The number of aliphatic imine (C=N–C) groups is 1. The first-order chi connectivity index (χ1) is 18.4. The Morgan fingerprint density at radius 3 is 2.61 bits per heavy atom. The largest absolute Gasteiger partial charge is 0.497 e. The van der Waals surface area contributed by atoms with Gasteiger partial charge in [-0.25, -0.2) is 0 Å². The van der Waals surface area contributed by atoms with Gasteiger partial charge in [0.1, 0.15) is 22.9 Å².